The van der Waals surface area contributed by atoms with E-state index in [0.717, 1.165) is 30.8 Å². The Bertz CT molecular complexity index is 442. The number of carbonyl (C=O) groups is 1. The number of hydrogen-bond acceptors (Lipinski definition) is 3. The first-order valence-corrected chi connectivity index (χ1v) is 6.79. The molecular weight excluding hydrogens is 252 g/mol. The quantitative estimate of drug-likeness (QED) is 0.794. The molecule has 0 saturated carbocycles. The molecule has 1 atom stereocenters. The van der Waals surface area contributed by atoms with E-state index in [1.165, 1.54) is 0 Å². The summed E-state index contributed by atoms with van der Waals surface area (Å²) >= 11 is 5.88. The van der Waals surface area contributed by atoms with Crippen molar-refractivity contribution in [2.45, 2.75) is 39.7 Å². The Kier molecular flexibility index (Phi) is 3.66. The molecule has 18 heavy (non-hydrogen) atoms. The molecule has 0 aliphatic carbocycles. The highest BCUT2D eigenvalue weighted by atomic mass is 35.5. The van der Waals surface area contributed by atoms with Gasteiger partial charge in [-0.3, -0.25) is 4.79 Å². The molecule has 0 bridgehead atoms. The van der Waals surface area contributed by atoms with Gasteiger partial charge in [-0.25, -0.2) is 0 Å². The first-order valence-electron chi connectivity index (χ1n) is 6.26. The van der Waals surface area contributed by atoms with Gasteiger partial charge in [-0.1, -0.05) is 5.16 Å². The van der Waals surface area contributed by atoms with Crippen molar-refractivity contribution in [1.82, 2.24) is 10.1 Å². The third-order valence-electron chi connectivity index (χ3n) is 3.40. The summed E-state index contributed by atoms with van der Waals surface area (Å²) in [6.45, 7) is 6.41. The molecular formula is C13H19ClN2O2. The zero-order chi connectivity index (χ0) is 13.3. The maximum Gasteiger partial charge on any atom is 0.230 e. The number of amides is 1. The fourth-order valence-corrected chi connectivity index (χ4v) is 2.41. The van der Waals surface area contributed by atoms with Crippen molar-refractivity contribution in [3.8, 4) is 0 Å². The average molecular weight is 271 g/mol. The van der Waals surface area contributed by atoms with Gasteiger partial charge in [0, 0.05) is 18.5 Å². The molecule has 1 aromatic heterocycles. The minimum Gasteiger partial charge on any atom is -0.359 e. The largest absolute Gasteiger partial charge is 0.359 e. The SMILES string of the molecule is Cc1cc(C2CCCN2C(=O)C(C)(C)CCl)on1. The molecule has 0 aromatic carbocycles. The predicted molar refractivity (Wildman–Crippen MR) is 69.4 cm³/mol. The van der Waals surface area contributed by atoms with Crippen LogP contribution in [0.1, 0.15) is 44.2 Å². The number of aryl methyl sites for hydroxylation is 1. The summed E-state index contributed by atoms with van der Waals surface area (Å²) in [5.74, 6) is 1.20. The molecule has 4 nitrogen and oxygen atoms in total. The van der Waals surface area contributed by atoms with Crippen LogP contribution in [0.4, 0.5) is 0 Å². The lowest BCUT2D eigenvalue weighted by atomic mass is 9.94. The van der Waals surface area contributed by atoms with E-state index in [1.807, 2.05) is 31.7 Å². The Balaban J connectivity index is 2.20. The van der Waals surface area contributed by atoms with Crippen LogP contribution in [0.15, 0.2) is 10.6 Å². The Morgan fingerprint density at radius 2 is 2.39 bits per heavy atom. The lowest BCUT2D eigenvalue weighted by Gasteiger charge is -2.30. The summed E-state index contributed by atoms with van der Waals surface area (Å²) in [7, 11) is 0. The molecule has 1 saturated heterocycles. The number of carbonyl (C=O) groups excluding carboxylic acids is 1. The predicted octanol–water partition coefficient (Wildman–Crippen LogP) is 2.91. The van der Waals surface area contributed by atoms with E-state index < -0.39 is 5.41 Å². The summed E-state index contributed by atoms with van der Waals surface area (Å²) in [6.07, 6.45) is 1.92. The van der Waals surface area contributed by atoms with Gasteiger partial charge in [0.15, 0.2) is 5.76 Å². The standard InChI is InChI=1S/C13H19ClN2O2/c1-9-7-11(18-15-9)10-5-4-6-16(10)12(17)13(2,3)8-14/h7,10H,4-6,8H2,1-3H3. The highest BCUT2D eigenvalue weighted by Gasteiger charge is 2.39. The van der Waals surface area contributed by atoms with Crippen LogP contribution in [0.2, 0.25) is 0 Å². The molecule has 2 heterocycles. The normalized spacial score (nSPS) is 20.4. The van der Waals surface area contributed by atoms with Gasteiger partial charge < -0.3 is 9.42 Å². The molecule has 1 amide bonds. The lowest BCUT2D eigenvalue weighted by Crippen LogP contribution is -2.41. The van der Waals surface area contributed by atoms with Gasteiger partial charge >= 0.3 is 0 Å². The van der Waals surface area contributed by atoms with E-state index in [4.69, 9.17) is 16.1 Å². The van der Waals surface area contributed by atoms with Crippen LogP contribution in [-0.2, 0) is 4.79 Å². The molecule has 2 rings (SSSR count). The number of hydrogen-bond donors (Lipinski definition) is 0. The third kappa shape index (κ3) is 2.39. The van der Waals surface area contributed by atoms with Crippen LogP contribution >= 0.6 is 11.6 Å². The van der Waals surface area contributed by atoms with E-state index in [1.54, 1.807) is 0 Å². The first kappa shape index (κ1) is 13.4. The molecule has 0 spiro atoms. The maximum absolute atomic E-state index is 12.5. The van der Waals surface area contributed by atoms with Gasteiger partial charge in [-0.2, -0.15) is 0 Å². The lowest BCUT2D eigenvalue weighted by molar-refractivity contribution is -0.140. The zero-order valence-electron chi connectivity index (χ0n) is 11.1. The molecule has 0 radical (unpaired) electrons. The number of likely N-dealkylation sites (tertiary alicyclic amines) is 1. The number of nitrogens with zero attached hydrogens (tertiary/aromatic N) is 2. The number of halogens is 1. The van der Waals surface area contributed by atoms with Crippen molar-refractivity contribution in [3.63, 3.8) is 0 Å². The monoisotopic (exact) mass is 270 g/mol. The minimum atomic E-state index is -0.529. The molecule has 1 unspecified atom stereocenters. The van der Waals surface area contributed by atoms with E-state index in [9.17, 15) is 4.79 Å². The summed E-state index contributed by atoms with van der Waals surface area (Å²) in [5, 5.41) is 3.90. The second-order valence-electron chi connectivity index (χ2n) is 5.54. The Morgan fingerprint density at radius 1 is 1.67 bits per heavy atom. The van der Waals surface area contributed by atoms with Crippen molar-refractivity contribution in [1.29, 1.82) is 0 Å². The first-order chi connectivity index (χ1) is 8.45. The van der Waals surface area contributed by atoms with Crippen molar-refractivity contribution < 1.29 is 9.32 Å². The molecule has 100 valence electrons. The Labute approximate surface area is 112 Å². The van der Waals surface area contributed by atoms with Crippen molar-refractivity contribution in [2.24, 2.45) is 5.41 Å². The summed E-state index contributed by atoms with van der Waals surface area (Å²) in [4.78, 5) is 14.3. The van der Waals surface area contributed by atoms with Crippen LogP contribution in [0.3, 0.4) is 0 Å². The van der Waals surface area contributed by atoms with Crippen LogP contribution < -0.4 is 0 Å². The molecule has 1 aromatic rings. The van der Waals surface area contributed by atoms with Crippen molar-refractivity contribution in [2.75, 3.05) is 12.4 Å². The second kappa shape index (κ2) is 4.92. The third-order valence-corrected chi connectivity index (χ3v) is 4.07. The molecule has 1 aliphatic heterocycles. The molecule has 1 aliphatic rings. The highest BCUT2D eigenvalue weighted by Crippen LogP contribution is 2.35. The topological polar surface area (TPSA) is 46.3 Å². The van der Waals surface area contributed by atoms with Crippen LogP contribution in [0.5, 0.6) is 0 Å². The van der Waals surface area contributed by atoms with E-state index in [2.05, 4.69) is 5.16 Å². The smallest absolute Gasteiger partial charge is 0.230 e. The Hall–Kier alpha value is -1.03. The van der Waals surface area contributed by atoms with E-state index >= 15 is 0 Å². The molecule has 0 N–H and O–H groups in total. The van der Waals surface area contributed by atoms with Gasteiger partial charge in [0.05, 0.1) is 17.2 Å². The Morgan fingerprint density at radius 3 is 2.94 bits per heavy atom. The summed E-state index contributed by atoms with van der Waals surface area (Å²) in [6, 6.07) is 1.92. The van der Waals surface area contributed by atoms with Crippen LogP contribution in [0.25, 0.3) is 0 Å². The zero-order valence-corrected chi connectivity index (χ0v) is 11.8. The average Bonchev–Trinajstić information content (AvgIpc) is 2.95. The van der Waals surface area contributed by atoms with E-state index in [-0.39, 0.29) is 11.9 Å². The van der Waals surface area contributed by atoms with Gasteiger partial charge in [0.2, 0.25) is 5.91 Å². The number of rotatable bonds is 3. The summed E-state index contributed by atoms with van der Waals surface area (Å²) < 4.78 is 5.30. The summed E-state index contributed by atoms with van der Waals surface area (Å²) in [5.41, 5.74) is 0.319. The van der Waals surface area contributed by atoms with Crippen LogP contribution in [0, 0.1) is 12.3 Å². The molecule has 5 heteroatoms. The minimum absolute atomic E-state index is 0.0150. The van der Waals surface area contributed by atoms with Gasteiger partial charge in [-0.15, -0.1) is 11.6 Å². The van der Waals surface area contributed by atoms with Crippen LogP contribution in [-0.4, -0.2) is 28.4 Å². The van der Waals surface area contributed by atoms with Crippen molar-refractivity contribution >= 4 is 17.5 Å². The fourth-order valence-electron chi connectivity index (χ4n) is 2.29. The van der Waals surface area contributed by atoms with Crippen molar-refractivity contribution in [3.05, 3.63) is 17.5 Å². The number of alkyl halides is 1. The molecule has 1 fully saturated rings. The maximum atomic E-state index is 12.5. The highest BCUT2D eigenvalue weighted by molar-refractivity contribution is 6.19. The van der Waals surface area contributed by atoms with E-state index in [0.29, 0.717) is 5.88 Å². The van der Waals surface area contributed by atoms with Gasteiger partial charge in [0.1, 0.15) is 0 Å². The fraction of sp³-hybridized carbons (Fsp3) is 0.692. The van der Waals surface area contributed by atoms with Gasteiger partial charge in [0.25, 0.3) is 0 Å². The second-order valence-corrected chi connectivity index (χ2v) is 5.81. The number of aromatic nitrogens is 1. The van der Waals surface area contributed by atoms with Gasteiger partial charge in [-0.05, 0) is 33.6 Å².